The lowest BCUT2D eigenvalue weighted by atomic mass is 10.1. The Balaban J connectivity index is 2.34. The number of aromatic hydroxyl groups is 1. The fourth-order valence-electron chi connectivity index (χ4n) is 1.83. The first kappa shape index (κ1) is 15.9. The minimum atomic E-state index is -1.22. The molecule has 0 aromatic heterocycles. The van der Waals surface area contributed by atoms with Crippen molar-refractivity contribution in [1.82, 2.24) is 0 Å². The Morgan fingerprint density at radius 2 is 2.09 bits per heavy atom. The highest BCUT2D eigenvalue weighted by Gasteiger charge is 2.09. The maximum Gasteiger partial charge on any atom is 0.339 e. The average Bonchev–Trinajstić information content (AvgIpc) is 2.48. The van der Waals surface area contributed by atoms with Gasteiger partial charge in [0.05, 0.1) is 12.3 Å². The third-order valence-corrected chi connectivity index (χ3v) is 3.07. The van der Waals surface area contributed by atoms with E-state index in [0.717, 1.165) is 0 Å². The summed E-state index contributed by atoms with van der Waals surface area (Å²) in [5.41, 5.74) is 0.877. The minimum absolute atomic E-state index is 0.203. The van der Waals surface area contributed by atoms with E-state index in [1.54, 1.807) is 18.2 Å². The molecule has 0 atom stereocenters. The Labute approximate surface area is 132 Å². The molecule has 0 spiro atoms. The molecule has 2 rings (SSSR count). The van der Waals surface area contributed by atoms with Crippen LogP contribution in [0.2, 0.25) is 5.02 Å². The molecule has 22 heavy (non-hydrogen) atoms. The largest absolute Gasteiger partial charge is 0.507 e. The second-order valence-corrected chi connectivity index (χ2v) is 4.82. The van der Waals surface area contributed by atoms with E-state index in [0.29, 0.717) is 28.6 Å². The van der Waals surface area contributed by atoms with Crippen molar-refractivity contribution in [3.8, 4) is 11.5 Å². The van der Waals surface area contributed by atoms with E-state index in [1.807, 2.05) is 6.92 Å². The van der Waals surface area contributed by atoms with Gasteiger partial charge in [0, 0.05) is 16.8 Å². The quantitative estimate of drug-likeness (QED) is 0.819. The summed E-state index contributed by atoms with van der Waals surface area (Å²) in [6, 6.07) is 9.26. The third-order valence-electron chi connectivity index (χ3n) is 2.83. The Bertz CT molecular complexity index is 728. The number of carboxylic acid groups (broad SMARTS) is 1. The van der Waals surface area contributed by atoms with E-state index in [2.05, 4.69) is 4.99 Å². The van der Waals surface area contributed by atoms with Gasteiger partial charge in [-0.1, -0.05) is 11.6 Å². The second-order valence-electron chi connectivity index (χ2n) is 4.38. The van der Waals surface area contributed by atoms with Crippen molar-refractivity contribution in [1.29, 1.82) is 0 Å². The number of aromatic carboxylic acids is 1. The first-order chi connectivity index (χ1) is 10.5. The molecule has 114 valence electrons. The fourth-order valence-corrected chi connectivity index (χ4v) is 2.01. The summed E-state index contributed by atoms with van der Waals surface area (Å²) in [7, 11) is 0. The molecule has 2 N–H and O–H groups in total. The summed E-state index contributed by atoms with van der Waals surface area (Å²) in [4.78, 5) is 15.2. The van der Waals surface area contributed by atoms with Crippen LogP contribution in [0, 0.1) is 0 Å². The van der Waals surface area contributed by atoms with Gasteiger partial charge in [0.1, 0.15) is 17.1 Å². The lowest BCUT2D eigenvalue weighted by Gasteiger charge is -2.07. The number of hydrogen-bond acceptors (Lipinski definition) is 4. The highest BCUT2D eigenvalue weighted by molar-refractivity contribution is 6.30. The number of benzene rings is 2. The lowest BCUT2D eigenvalue weighted by molar-refractivity contribution is 0.0694. The molecular formula is C16H14ClNO4. The first-order valence-corrected chi connectivity index (χ1v) is 6.91. The zero-order valence-electron chi connectivity index (χ0n) is 11.8. The number of rotatable bonds is 5. The lowest BCUT2D eigenvalue weighted by Crippen LogP contribution is -1.97. The van der Waals surface area contributed by atoms with Crippen molar-refractivity contribution in [2.45, 2.75) is 6.92 Å². The van der Waals surface area contributed by atoms with E-state index in [1.165, 1.54) is 24.4 Å². The third kappa shape index (κ3) is 3.77. The van der Waals surface area contributed by atoms with Crippen LogP contribution in [-0.4, -0.2) is 29.0 Å². The molecule has 0 saturated carbocycles. The van der Waals surface area contributed by atoms with Gasteiger partial charge in [-0.3, -0.25) is 4.99 Å². The number of hydrogen-bond donors (Lipinski definition) is 2. The maximum absolute atomic E-state index is 11.0. The normalized spacial score (nSPS) is 10.8. The van der Waals surface area contributed by atoms with Gasteiger partial charge in [0.2, 0.25) is 0 Å². The molecule has 2 aromatic carbocycles. The Morgan fingerprint density at radius 3 is 2.77 bits per heavy atom. The molecule has 0 saturated heterocycles. The van der Waals surface area contributed by atoms with Gasteiger partial charge < -0.3 is 14.9 Å². The summed E-state index contributed by atoms with van der Waals surface area (Å²) in [5, 5.41) is 19.0. The van der Waals surface area contributed by atoms with E-state index in [4.69, 9.17) is 21.4 Å². The summed E-state index contributed by atoms with van der Waals surface area (Å²) in [6.07, 6.45) is 1.54. The van der Waals surface area contributed by atoms with Crippen LogP contribution < -0.4 is 4.74 Å². The van der Waals surface area contributed by atoms with Gasteiger partial charge in [-0.25, -0.2) is 4.79 Å². The van der Waals surface area contributed by atoms with Crippen LogP contribution in [0.3, 0.4) is 0 Å². The van der Waals surface area contributed by atoms with Gasteiger partial charge in [0.15, 0.2) is 0 Å². The van der Waals surface area contributed by atoms with Crippen molar-refractivity contribution < 1.29 is 19.7 Å². The van der Waals surface area contributed by atoms with Crippen LogP contribution in [0.15, 0.2) is 41.4 Å². The van der Waals surface area contributed by atoms with E-state index in [9.17, 15) is 9.90 Å². The van der Waals surface area contributed by atoms with Gasteiger partial charge in [-0.2, -0.15) is 0 Å². The summed E-state index contributed by atoms with van der Waals surface area (Å²) >= 11 is 5.96. The van der Waals surface area contributed by atoms with E-state index in [-0.39, 0.29) is 11.3 Å². The topological polar surface area (TPSA) is 79.1 Å². The number of carboxylic acids is 1. The Kier molecular flexibility index (Phi) is 5.01. The Morgan fingerprint density at radius 1 is 1.32 bits per heavy atom. The molecule has 0 fully saturated rings. The van der Waals surface area contributed by atoms with Crippen LogP contribution in [-0.2, 0) is 0 Å². The van der Waals surface area contributed by atoms with E-state index >= 15 is 0 Å². The predicted octanol–water partition coefficient (Wildman–Crippen LogP) is 3.89. The van der Waals surface area contributed by atoms with Gasteiger partial charge >= 0.3 is 5.97 Å². The highest BCUT2D eigenvalue weighted by atomic mass is 35.5. The summed E-state index contributed by atoms with van der Waals surface area (Å²) in [5.74, 6) is -0.885. The van der Waals surface area contributed by atoms with Crippen LogP contribution in [0.25, 0.3) is 0 Å². The zero-order valence-corrected chi connectivity index (χ0v) is 12.5. The number of halogens is 1. The van der Waals surface area contributed by atoms with Gasteiger partial charge in [0.25, 0.3) is 0 Å². The van der Waals surface area contributed by atoms with Crippen molar-refractivity contribution in [2.75, 3.05) is 6.61 Å². The molecule has 0 aliphatic carbocycles. The molecule has 0 unspecified atom stereocenters. The molecule has 6 heteroatoms. The number of aliphatic imine (C=N–C) groups is 1. The number of phenols is 1. The predicted molar refractivity (Wildman–Crippen MR) is 84.9 cm³/mol. The van der Waals surface area contributed by atoms with Crippen LogP contribution >= 0.6 is 11.6 Å². The molecule has 0 amide bonds. The first-order valence-electron chi connectivity index (χ1n) is 6.54. The Hall–Kier alpha value is -2.53. The molecule has 0 aliphatic heterocycles. The molecule has 0 heterocycles. The van der Waals surface area contributed by atoms with Crippen molar-refractivity contribution in [3.05, 3.63) is 52.5 Å². The van der Waals surface area contributed by atoms with Crippen LogP contribution in [0.5, 0.6) is 11.5 Å². The number of ether oxygens (including phenoxy) is 1. The van der Waals surface area contributed by atoms with Crippen molar-refractivity contribution >= 4 is 29.5 Å². The smallest absolute Gasteiger partial charge is 0.339 e. The van der Waals surface area contributed by atoms with E-state index < -0.39 is 5.97 Å². The molecule has 0 aliphatic rings. The summed E-state index contributed by atoms with van der Waals surface area (Å²) in [6.45, 7) is 2.37. The van der Waals surface area contributed by atoms with Crippen molar-refractivity contribution in [3.63, 3.8) is 0 Å². The minimum Gasteiger partial charge on any atom is -0.507 e. The molecule has 0 bridgehead atoms. The maximum atomic E-state index is 11.0. The zero-order chi connectivity index (χ0) is 16.1. The standard InChI is InChI=1S/C16H14ClNO4/c1-2-22-15-6-3-11(17)7-10(15)9-18-12-4-5-14(19)13(8-12)16(20)21/h3-9,19H,2H2,1H3,(H,20,21). The van der Waals surface area contributed by atoms with Crippen LogP contribution in [0.4, 0.5) is 5.69 Å². The average molecular weight is 320 g/mol. The van der Waals surface area contributed by atoms with Crippen molar-refractivity contribution in [2.24, 2.45) is 4.99 Å². The number of nitrogens with zero attached hydrogens (tertiary/aromatic N) is 1. The van der Waals surface area contributed by atoms with Crippen LogP contribution in [0.1, 0.15) is 22.8 Å². The molecule has 0 radical (unpaired) electrons. The van der Waals surface area contributed by atoms with Gasteiger partial charge in [-0.05, 0) is 43.3 Å². The SMILES string of the molecule is CCOc1ccc(Cl)cc1C=Nc1ccc(O)c(C(=O)O)c1. The fraction of sp³-hybridized carbons (Fsp3) is 0.125. The second kappa shape index (κ2) is 6.95. The summed E-state index contributed by atoms with van der Waals surface area (Å²) < 4.78 is 5.48. The molecule has 2 aromatic rings. The number of carbonyl (C=O) groups is 1. The highest BCUT2D eigenvalue weighted by Crippen LogP contribution is 2.25. The molecular weight excluding hydrogens is 306 g/mol. The monoisotopic (exact) mass is 319 g/mol. The molecule has 5 nitrogen and oxygen atoms in total. The van der Waals surface area contributed by atoms with Gasteiger partial charge in [-0.15, -0.1) is 0 Å².